The zero-order valence-electron chi connectivity index (χ0n) is 14.9. The highest BCUT2D eigenvalue weighted by atomic mass is 16.5. The summed E-state index contributed by atoms with van der Waals surface area (Å²) in [5.41, 5.74) is 0.916. The van der Waals surface area contributed by atoms with E-state index in [0.717, 1.165) is 37.9 Å². The Balaban J connectivity index is 1.35. The molecule has 2 aromatic rings. The van der Waals surface area contributed by atoms with E-state index < -0.39 is 0 Å². The van der Waals surface area contributed by atoms with Crippen LogP contribution in [-0.4, -0.2) is 47.9 Å². The van der Waals surface area contributed by atoms with Gasteiger partial charge in [0.15, 0.2) is 0 Å². The lowest BCUT2D eigenvalue weighted by Gasteiger charge is -2.22. The molecule has 0 radical (unpaired) electrons. The van der Waals surface area contributed by atoms with E-state index in [1.165, 1.54) is 0 Å². The summed E-state index contributed by atoms with van der Waals surface area (Å²) < 4.78 is 11.3. The number of aromatic nitrogens is 2. The van der Waals surface area contributed by atoms with Gasteiger partial charge >= 0.3 is 6.01 Å². The molecule has 138 valence electrons. The van der Waals surface area contributed by atoms with Crippen molar-refractivity contribution in [3.05, 3.63) is 30.3 Å². The number of ether oxygens (including phenoxy) is 1. The Morgan fingerprint density at radius 3 is 2.88 bits per heavy atom. The Labute approximate surface area is 152 Å². The first-order valence-corrected chi connectivity index (χ1v) is 9.26. The Morgan fingerprint density at radius 2 is 2.12 bits per heavy atom. The fourth-order valence-electron chi connectivity index (χ4n) is 3.63. The van der Waals surface area contributed by atoms with Crippen LogP contribution in [0.4, 0.5) is 6.01 Å². The molecule has 2 unspecified atom stereocenters. The molecule has 1 amide bonds. The van der Waals surface area contributed by atoms with Gasteiger partial charge in [0, 0.05) is 31.3 Å². The Bertz CT molecular complexity index is 742. The summed E-state index contributed by atoms with van der Waals surface area (Å²) in [5.74, 6) is 0.897. The second kappa shape index (κ2) is 7.45. The van der Waals surface area contributed by atoms with Crippen LogP contribution in [-0.2, 0) is 9.53 Å². The molecule has 0 aliphatic carbocycles. The molecule has 2 saturated heterocycles. The normalized spacial score (nSPS) is 24.0. The third kappa shape index (κ3) is 3.58. The summed E-state index contributed by atoms with van der Waals surface area (Å²) in [6.07, 6.45) is 2.49. The van der Waals surface area contributed by atoms with E-state index >= 15 is 0 Å². The number of hydrogen-bond acceptors (Lipinski definition) is 6. The van der Waals surface area contributed by atoms with Crippen LogP contribution in [0.3, 0.4) is 0 Å². The van der Waals surface area contributed by atoms with E-state index in [1.807, 2.05) is 30.3 Å². The van der Waals surface area contributed by atoms with Crippen molar-refractivity contribution in [1.29, 1.82) is 0 Å². The first kappa shape index (κ1) is 17.0. The molecule has 2 aliphatic rings. The molecule has 2 fully saturated rings. The number of anilines is 1. The number of hydrogen-bond donors (Lipinski definition) is 1. The zero-order valence-corrected chi connectivity index (χ0v) is 14.9. The minimum absolute atomic E-state index is 0.0117. The summed E-state index contributed by atoms with van der Waals surface area (Å²) in [6.45, 7) is 4.39. The van der Waals surface area contributed by atoms with Gasteiger partial charge in [0.2, 0.25) is 11.8 Å². The summed E-state index contributed by atoms with van der Waals surface area (Å²) >= 11 is 0. The largest absolute Gasteiger partial charge is 0.403 e. The summed E-state index contributed by atoms with van der Waals surface area (Å²) in [7, 11) is 0. The molecule has 1 aromatic heterocycles. The maximum absolute atomic E-state index is 12.2. The number of carbonyl (C=O) groups is 1. The molecule has 7 heteroatoms. The minimum atomic E-state index is -0.278. The maximum atomic E-state index is 12.2. The molecule has 0 bridgehead atoms. The highest BCUT2D eigenvalue weighted by molar-refractivity contribution is 5.81. The fraction of sp³-hybridized carbons (Fsp3) is 0.526. The molecule has 0 saturated carbocycles. The summed E-state index contributed by atoms with van der Waals surface area (Å²) in [6, 6.07) is 10.4. The molecular weight excluding hydrogens is 332 g/mol. The third-order valence-corrected chi connectivity index (χ3v) is 5.23. The van der Waals surface area contributed by atoms with Crippen molar-refractivity contribution in [2.24, 2.45) is 5.92 Å². The van der Waals surface area contributed by atoms with Crippen LogP contribution in [0.15, 0.2) is 34.7 Å². The summed E-state index contributed by atoms with van der Waals surface area (Å²) in [5, 5.41) is 11.5. The van der Waals surface area contributed by atoms with Crippen molar-refractivity contribution in [2.75, 3.05) is 24.6 Å². The van der Waals surface area contributed by atoms with E-state index in [-0.39, 0.29) is 18.1 Å². The van der Waals surface area contributed by atoms with Crippen molar-refractivity contribution < 1.29 is 13.9 Å². The van der Waals surface area contributed by atoms with Gasteiger partial charge in [0.05, 0.1) is 0 Å². The minimum Gasteiger partial charge on any atom is -0.403 e. The highest BCUT2D eigenvalue weighted by Gasteiger charge is 2.32. The van der Waals surface area contributed by atoms with Crippen LogP contribution in [0.2, 0.25) is 0 Å². The number of nitrogens with one attached hydrogen (secondary N) is 1. The van der Waals surface area contributed by atoms with Gasteiger partial charge in [0.25, 0.3) is 0 Å². The van der Waals surface area contributed by atoms with E-state index in [2.05, 4.69) is 27.3 Å². The van der Waals surface area contributed by atoms with Gasteiger partial charge in [-0.15, -0.1) is 5.10 Å². The first-order valence-electron chi connectivity index (χ1n) is 9.26. The van der Waals surface area contributed by atoms with Crippen LogP contribution in [0.5, 0.6) is 0 Å². The second-order valence-corrected chi connectivity index (χ2v) is 7.05. The Morgan fingerprint density at radius 1 is 1.27 bits per heavy atom. The fourth-order valence-corrected chi connectivity index (χ4v) is 3.63. The maximum Gasteiger partial charge on any atom is 0.318 e. The SMILES string of the molecule is CC(NC(=O)[C@H]1CCCO1)C1CCN(c2nnc(-c3ccccc3)o2)C1. The van der Waals surface area contributed by atoms with Crippen molar-refractivity contribution >= 4 is 11.9 Å². The molecule has 3 heterocycles. The van der Waals surface area contributed by atoms with Crippen molar-refractivity contribution in [3.63, 3.8) is 0 Å². The van der Waals surface area contributed by atoms with E-state index in [0.29, 0.717) is 24.4 Å². The Kier molecular flexibility index (Phi) is 4.88. The predicted octanol–water partition coefficient (Wildman–Crippen LogP) is 2.25. The molecule has 1 N–H and O–H groups in total. The molecule has 3 atom stereocenters. The van der Waals surface area contributed by atoms with Crippen molar-refractivity contribution in [2.45, 2.75) is 38.3 Å². The van der Waals surface area contributed by atoms with Gasteiger partial charge < -0.3 is 19.4 Å². The second-order valence-electron chi connectivity index (χ2n) is 7.05. The summed E-state index contributed by atoms with van der Waals surface area (Å²) in [4.78, 5) is 14.3. The number of nitrogens with zero attached hydrogens (tertiary/aromatic N) is 3. The van der Waals surface area contributed by atoms with E-state index in [1.54, 1.807) is 0 Å². The van der Waals surface area contributed by atoms with Gasteiger partial charge in [0.1, 0.15) is 6.10 Å². The lowest BCUT2D eigenvalue weighted by atomic mass is 10.0. The average Bonchev–Trinajstić information content (AvgIpc) is 3.43. The number of benzene rings is 1. The average molecular weight is 356 g/mol. The van der Waals surface area contributed by atoms with Crippen LogP contribution < -0.4 is 10.2 Å². The lowest BCUT2D eigenvalue weighted by Crippen LogP contribution is -2.44. The number of amides is 1. The van der Waals surface area contributed by atoms with Gasteiger partial charge in [-0.3, -0.25) is 4.79 Å². The molecule has 4 rings (SSSR count). The van der Waals surface area contributed by atoms with Crippen LogP contribution in [0.25, 0.3) is 11.5 Å². The van der Waals surface area contributed by atoms with Crippen LogP contribution in [0.1, 0.15) is 26.2 Å². The van der Waals surface area contributed by atoms with E-state index in [4.69, 9.17) is 9.15 Å². The highest BCUT2D eigenvalue weighted by Crippen LogP contribution is 2.27. The Hall–Kier alpha value is -2.41. The molecule has 0 spiro atoms. The van der Waals surface area contributed by atoms with Gasteiger partial charge in [-0.05, 0) is 44.2 Å². The quantitative estimate of drug-likeness (QED) is 0.885. The smallest absolute Gasteiger partial charge is 0.318 e. The van der Waals surface area contributed by atoms with Crippen LogP contribution >= 0.6 is 0 Å². The number of carbonyl (C=O) groups excluding carboxylic acids is 1. The van der Waals surface area contributed by atoms with Crippen LogP contribution in [0, 0.1) is 5.92 Å². The molecule has 26 heavy (non-hydrogen) atoms. The van der Waals surface area contributed by atoms with Crippen molar-refractivity contribution in [3.8, 4) is 11.5 Å². The molecule has 2 aliphatic heterocycles. The monoisotopic (exact) mass is 356 g/mol. The molecular formula is C19H24N4O3. The third-order valence-electron chi connectivity index (χ3n) is 5.23. The predicted molar refractivity (Wildman–Crippen MR) is 96.6 cm³/mol. The first-order chi connectivity index (χ1) is 12.7. The van der Waals surface area contributed by atoms with Crippen molar-refractivity contribution in [1.82, 2.24) is 15.5 Å². The van der Waals surface area contributed by atoms with Gasteiger partial charge in [-0.1, -0.05) is 23.3 Å². The molecule has 7 nitrogen and oxygen atoms in total. The lowest BCUT2D eigenvalue weighted by molar-refractivity contribution is -0.131. The zero-order chi connectivity index (χ0) is 17.9. The molecule has 1 aromatic carbocycles. The number of rotatable bonds is 5. The topological polar surface area (TPSA) is 80.5 Å². The standard InChI is InChI=1S/C19H24N4O3/c1-13(20-17(24)16-8-5-11-25-16)15-9-10-23(12-15)19-22-21-18(26-19)14-6-3-2-4-7-14/h2-4,6-7,13,15-16H,5,8-12H2,1H3,(H,20,24)/t13?,15?,16-/m1/s1. The van der Waals surface area contributed by atoms with E-state index in [9.17, 15) is 4.79 Å². The van der Waals surface area contributed by atoms with Gasteiger partial charge in [-0.2, -0.15) is 0 Å². The van der Waals surface area contributed by atoms with Gasteiger partial charge in [-0.25, -0.2) is 0 Å².